The number of aliphatic hydroxyl groups is 9. The summed E-state index contributed by atoms with van der Waals surface area (Å²) in [4.78, 5) is 101. The Morgan fingerprint density at radius 1 is 0.467 bits per heavy atom. The molecule has 8 amide bonds. The van der Waals surface area contributed by atoms with Gasteiger partial charge in [-0.25, -0.2) is 0 Å². The molecule has 3 fully saturated rings. The highest BCUT2D eigenvalue weighted by Gasteiger charge is 2.47. The van der Waals surface area contributed by atoms with Crippen LogP contribution in [-0.2, 0) is 81.0 Å². The molecule has 0 radical (unpaired) electrons. The zero-order chi connectivity index (χ0) is 66.8. The van der Waals surface area contributed by atoms with E-state index in [0.717, 1.165) is 0 Å². The van der Waals surface area contributed by atoms with Crippen molar-refractivity contribution in [3.05, 3.63) is 0 Å². The van der Waals surface area contributed by atoms with Crippen LogP contribution in [0.1, 0.15) is 98.8 Å². The van der Waals surface area contributed by atoms with E-state index in [9.17, 15) is 84.3 Å². The monoisotopic (exact) mass is 1300 g/mol. The van der Waals surface area contributed by atoms with Crippen LogP contribution in [0.4, 0.5) is 0 Å². The molecule has 15 atom stereocenters. The average Bonchev–Trinajstić information content (AvgIpc) is 0.985. The molecule has 34 nitrogen and oxygen atoms in total. The van der Waals surface area contributed by atoms with Gasteiger partial charge in [-0.05, 0) is 46.0 Å². The standard InChI is InChI=1S/C56H100N8O26/c1-32(2)88-31-60-40(71)10-6-11-44(75)64-56(28-82-21-12-41(72)57-15-7-18-85-37-24-36(25-65)48(76)51(79)45(37)61-33(3)68,29-83-22-13-42(73)58-16-8-19-86-54-46(62-34(4)69)52(80)49(77)38(26-66)89-54)30-84-23-14-43(74)59-17-9-20-87-55-47(63-35(5)70)53(81)50(78)39(27-67)90-55/h32,36-39,45-55,65-67,76-81H,6-31H2,1-5H3,(H,57,72)(H,58,73)(H,59,74)(H,60,71)(H,61,68)(H,62,69)(H,63,70)(H,64,75)/t36?,37-,38?,39?,45?,46?,47?,48+,49+,50+,51-,52-,53-,54-,55-,56?/m1/s1. The topological polar surface area (TPSA) is 498 Å². The van der Waals surface area contributed by atoms with Crippen molar-refractivity contribution in [2.24, 2.45) is 5.92 Å². The van der Waals surface area contributed by atoms with E-state index in [4.69, 9.17) is 42.6 Å². The van der Waals surface area contributed by atoms with Crippen molar-refractivity contribution in [3.8, 4) is 0 Å². The lowest BCUT2D eigenvalue weighted by Gasteiger charge is -2.42. The van der Waals surface area contributed by atoms with E-state index in [2.05, 4.69) is 42.5 Å². The quantitative estimate of drug-likeness (QED) is 0.0199. The predicted octanol–water partition coefficient (Wildman–Crippen LogP) is -7.21. The first kappa shape index (κ1) is 79.3. The zero-order valence-electron chi connectivity index (χ0n) is 52.1. The number of ether oxygens (including phenoxy) is 9. The number of carbonyl (C=O) groups is 8. The molecule has 6 unspecified atom stereocenters. The minimum Gasteiger partial charge on any atom is -0.396 e. The molecule has 3 aliphatic rings. The summed E-state index contributed by atoms with van der Waals surface area (Å²) in [5.74, 6) is -4.43. The van der Waals surface area contributed by atoms with Crippen molar-refractivity contribution in [1.29, 1.82) is 0 Å². The number of aliphatic hydroxyl groups excluding tert-OH is 9. The molecule has 0 bridgehead atoms. The summed E-state index contributed by atoms with van der Waals surface area (Å²) < 4.78 is 51.8. The van der Waals surface area contributed by atoms with Gasteiger partial charge in [0.2, 0.25) is 47.3 Å². The van der Waals surface area contributed by atoms with E-state index in [1.165, 1.54) is 20.8 Å². The first-order chi connectivity index (χ1) is 42.8. The van der Waals surface area contributed by atoms with Gasteiger partial charge in [-0.15, -0.1) is 0 Å². The second-order valence-electron chi connectivity index (χ2n) is 22.6. The van der Waals surface area contributed by atoms with Crippen molar-refractivity contribution in [3.63, 3.8) is 0 Å². The van der Waals surface area contributed by atoms with Crippen molar-refractivity contribution in [1.82, 2.24) is 42.5 Å². The number of hydrogen-bond acceptors (Lipinski definition) is 26. The fourth-order valence-corrected chi connectivity index (χ4v) is 9.76. The second kappa shape index (κ2) is 43.0. The number of hydrogen-bond donors (Lipinski definition) is 17. The Kier molecular flexibility index (Phi) is 37.9. The van der Waals surface area contributed by atoms with Gasteiger partial charge in [0.05, 0.1) is 90.4 Å². The Bertz CT molecular complexity index is 1970. The van der Waals surface area contributed by atoms with Gasteiger partial charge in [-0.2, -0.15) is 0 Å². The Labute approximate surface area is 523 Å². The predicted molar refractivity (Wildman–Crippen MR) is 310 cm³/mol. The van der Waals surface area contributed by atoms with Crippen LogP contribution < -0.4 is 42.5 Å². The molecular formula is C56H100N8O26. The van der Waals surface area contributed by atoms with Crippen LogP contribution in [-0.4, -0.2) is 296 Å². The molecular weight excluding hydrogens is 1200 g/mol. The third-order valence-electron chi connectivity index (χ3n) is 14.5. The first-order valence-corrected chi connectivity index (χ1v) is 30.5. The minimum atomic E-state index is -1.53. The lowest BCUT2D eigenvalue weighted by molar-refractivity contribution is -0.270. The maximum Gasteiger partial charge on any atom is 0.222 e. The molecule has 1 saturated carbocycles. The van der Waals surface area contributed by atoms with E-state index in [1.807, 2.05) is 0 Å². The summed E-state index contributed by atoms with van der Waals surface area (Å²) in [6, 6.07) is -3.24. The van der Waals surface area contributed by atoms with E-state index >= 15 is 0 Å². The van der Waals surface area contributed by atoms with Crippen LogP contribution >= 0.6 is 0 Å². The largest absolute Gasteiger partial charge is 0.396 e. The van der Waals surface area contributed by atoms with E-state index in [1.54, 1.807) is 13.8 Å². The van der Waals surface area contributed by atoms with Crippen molar-refractivity contribution in [2.75, 3.05) is 106 Å². The van der Waals surface area contributed by atoms with Gasteiger partial charge in [-0.3, -0.25) is 38.4 Å². The van der Waals surface area contributed by atoms with Crippen molar-refractivity contribution < 1.29 is 127 Å². The summed E-state index contributed by atoms with van der Waals surface area (Å²) in [5, 5.41) is 113. The van der Waals surface area contributed by atoms with Crippen LogP contribution in [0.3, 0.4) is 0 Å². The van der Waals surface area contributed by atoms with Gasteiger partial charge in [0.15, 0.2) is 12.6 Å². The highest BCUT2D eigenvalue weighted by atomic mass is 16.7. The average molecular weight is 1300 g/mol. The lowest BCUT2D eigenvalue weighted by Crippen LogP contribution is -2.64. The molecule has 0 aromatic heterocycles. The maximum absolute atomic E-state index is 13.7. The van der Waals surface area contributed by atoms with Gasteiger partial charge in [0.25, 0.3) is 0 Å². The fourth-order valence-electron chi connectivity index (χ4n) is 9.76. The van der Waals surface area contributed by atoms with Gasteiger partial charge < -0.3 is 131 Å². The molecule has 17 N–H and O–H groups in total. The Morgan fingerprint density at radius 3 is 1.26 bits per heavy atom. The molecule has 1 aliphatic carbocycles. The van der Waals surface area contributed by atoms with Crippen molar-refractivity contribution in [2.45, 2.75) is 196 Å². The van der Waals surface area contributed by atoms with Crippen molar-refractivity contribution >= 4 is 47.3 Å². The third-order valence-corrected chi connectivity index (χ3v) is 14.5. The van der Waals surface area contributed by atoms with E-state index in [0.29, 0.717) is 6.42 Å². The Hall–Kier alpha value is -4.96. The SMILES string of the molecule is CC(=O)NC1[C@H](OCCCNC(=O)CCOCC(COCCC(=O)NCCCO[C@@H]2OC(CO)[C@H](O)[C@H](O)C2NC(C)=O)(COCCC(=O)NCCCO[C@@H]2CC(CO)[C@H](O)[C@H](O)C2NC(C)=O)NC(=O)CCCC(=O)NCOC(C)C)OC(CO)[C@H](O)[C@@H]1O. The van der Waals surface area contributed by atoms with Crippen LogP contribution in [0.15, 0.2) is 0 Å². The van der Waals surface area contributed by atoms with Gasteiger partial charge in [-0.1, -0.05) is 0 Å². The maximum atomic E-state index is 13.7. The highest BCUT2D eigenvalue weighted by molar-refractivity contribution is 5.80. The number of nitrogens with one attached hydrogen (secondary N) is 8. The molecule has 2 saturated heterocycles. The van der Waals surface area contributed by atoms with E-state index < -0.39 is 158 Å². The first-order valence-electron chi connectivity index (χ1n) is 30.5. The highest BCUT2D eigenvalue weighted by Crippen LogP contribution is 2.29. The summed E-state index contributed by atoms with van der Waals surface area (Å²) in [7, 11) is 0. The van der Waals surface area contributed by atoms with Crippen LogP contribution in [0, 0.1) is 5.92 Å². The molecule has 520 valence electrons. The normalized spacial score (nSPS) is 27.4. The lowest BCUT2D eigenvalue weighted by atomic mass is 9.79. The summed E-state index contributed by atoms with van der Waals surface area (Å²) in [6.45, 7) is 4.33. The van der Waals surface area contributed by atoms with Crippen LogP contribution in [0.25, 0.3) is 0 Å². The third kappa shape index (κ3) is 29.3. The second-order valence-corrected chi connectivity index (χ2v) is 22.6. The van der Waals surface area contributed by atoms with Gasteiger partial charge in [0.1, 0.15) is 67.1 Å². The molecule has 0 aromatic rings. The smallest absolute Gasteiger partial charge is 0.222 e. The molecule has 0 spiro atoms. The molecule has 34 heteroatoms. The molecule has 2 heterocycles. The summed E-state index contributed by atoms with van der Waals surface area (Å²) in [6.07, 6.45) is -14.1. The van der Waals surface area contributed by atoms with Gasteiger partial charge in [0, 0.05) is 91.6 Å². The molecule has 2 aliphatic heterocycles. The summed E-state index contributed by atoms with van der Waals surface area (Å²) >= 11 is 0. The van der Waals surface area contributed by atoms with E-state index in [-0.39, 0.29) is 156 Å². The minimum absolute atomic E-state index is 0.0280. The van der Waals surface area contributed by atoms with Crippen LogP contribution in [0.5, 0.6) is 0 Å². The van der Waals surface area contributed by atoms with Gasteiger partial charge >= 0.3 is 0 Å². The number of amides is 8. The number of rotatable bonds is 44. The molecule has 90 heavy (non-hydrogen) atoms. The Morgan fingerprint density at radius 2 is 0.856 bits per heavy atom. The van der Waals surface area contributed by atoms with Crippen LogP contribution in [0.2, 0.25) is 0 Å². The zero-order valence-corrected chi connectivity index (χ0v) is 52.1. The Balaban J connectivity index is 1.66. The molecule has 3 rings (SSSR count). The fraction of sp³-hybridized carbons (Fsp3) is 0.857. The number of carbonyl (C=O) groups excluding carboxylic acids is 8. The molecule has 0 aromatic carbocycles. The summed E-state index contributed by atoms with van der Waals surface area (Å²) in [5.41, 5.74) is -1.53.